The van der Waals surface area contributed by atoms with E-state index in [0.717, 1.165) is 70.0 Å². The molecule has 160 valence electrons. The standard InChI is InChI=1S/C21H38N4O3/c1-3-4-9-13-21(2,28)14-12-17-16(18(26)15-19(17)27)10-7-5-6-8-11-20-22-24-25-23-20/h12,14,16-19,26-28H,3-11,13,15H2,1-2H3,(H,22,23,24,25). The van der Waals surface area contributed by atoms with E-state index in [1.165, 1.54) is 0 Å². The molecule has 7 nitrogen and oxygen atoms in total. The van der Waals surface area contributed by atoms with Crippen LogP contribution in [0.15, 0.2) is 12.2 Å². The topological polar surface area (TPSA) is 115 Å². The Morgan fingerprint density at radius 1 is 1.11 bits per heavy atom. The van der Waals surface area contributed by atoms with Gasteiger partial charge in [-0.2, -0.15) is 0 Å². The molecule has 0 aliphatic heterocycles. The molecular weight excluding hydrogens is 356 g/mol. The van der Waals surface area contributed by atoms with E-state index in [-0.39, 0.29) is 11.8 Å². The third kappa shape index (κ3) is 7.60. The summed E-state index contributed by atoms with van der Waals surface area (Å²) in [4.78, 5) is 0. The summed E-state index contributed by atoms with van der Waals surface area (Å²) in [6, 6.07) is 0. The minimum atomic E-state index is -0.845. The van der Waals surface area contributed by atoms with E-state index in [1.807, 2.05) is 19.1 Å². The van der Waals surface area contributed by atoms with Crippen molar-refractivity contribution in [2.45, 2.75) is 102 Å². The fraction of sp³-hybridized carbons (Fsp3) is 0.857. The molecule has 4 N–H and O–H groups in total. The lowest BCUT2D eigenvalue weighted by Gasteiger charge is -2.23. The van der Waals surface area contributed by atoms with Crippen molar-refractivity contribution in [3.05, 3.63) is 18.0 Å². The smallest absolute Gasteiger partial charge is 0.148 e. The van der Waals surface area contributed by atoms with Crippen molar-refractivity contribution in [3.63, 3.8) is 0 Å². The van der Waals surface area contributed by atoms with Gasteiger partial charge in [-0.15, -0.1) is 5.10 Å². The van der Waals surface area contributed by atoms with Crippen molar-refractivity contribution in [3.8, 4) is 0 Å². The van der Waals surface area contributed by atoms with Gasteiger partial charge < -0.3 is 15.3 Å². The van der Waals surface area contributed by atoms with Gasteiger partial charge in [-0.25, -0.2) is 5.10 Å². The molecule has 0 bridgehead atoms. The van der Waals surface area contributed by atoms with E-state index in [0.29, 0.717) is 6.42 Å². The van der Waals surface area contributed by atoms with E-state index >= 15 is 0 Å². The van der Waals surface area contributed by atoms with Crippen molar-refractivity contribution in [1.82, 2.24) is 20.6 Å². The van der Waals surface area contributed by atoms with Crippen molar-refractivity contribution in [2.24, 2.45) is 11.8 Å². The molecule has 1 aromatic rings. The van der Waals surface area contributed by atoms with Crippen LogP contribution in [-0.2, 0) is 6.42 Å². The van der Waals surface area contributed by atoms with Gasteiger partial charge in [-0.1, -0.05) is 57.6 Å². The van der Waals surface area contributed by atoms with Crippen molar-refractivity contribution < 1.29 is 15.3 Å². The number of aromatic amines is 1. The van der Waals surface area contributed by atoms with Crippen LogP contribution in [0.5, 0.6) is 0 Å². The summed E-state index contributed by atoms with van der Waals surface area (Å²) in [7, 11) is 0. The first-order chi connectivity index (χ1) is 13.4. The minimum Gasteiger partial charge on any atom is -0.393 e. The summed E-state index contributed by atoms with van der Waals surface area (Å²) in [5.41, 5.74) is -0.845. The van der Waals surface area contributed by atoms with E-state index in [1.54, 1.807) is 0 Å². The van der Waals surface area contributed by atoms with Gasteiger partial charge in [0.15, 0.2) is 0 Å². The number of aliphatic hydroxyl groups excluding tert-OH is 2. The highest BCUT2D eigenvalue weighted by Crippen LogP contribution is 2.37. The number of nitrogens with one attached hydrogen (secondary N) is 1. The van der Waals surface area contributed by atoms with Crippen LogP contribution in [-0.4, -0.2) is 53.8 Å². The molecule has 1 saturated carbocycles. The summed E-state index contributed by atoms with van der Waals surface area (Å²) >= 11 is 0. The Labute approximate surface area is 168 Å². The first kappa shape index (κ1) is 23.0. The third-order valence-electron chi connectivity index (χ3n) is 5.97. The van der Waals surface area contributed by atoms with Crippen LogP contribution in [0, 0.1) is 11.8 Å². The molecule has 1 aliphatic rings. The lowest BCUT2D eigenvalue weighted by atomic mass is 9.86. The number of H-pyrrole nitrogens is 1. The van der Waals surface area contributed by atoms with E-state index in [4.69, 9.17) is 0 Å². The number of nitrogens with zero attached hydrogens (tertiary/aromatic N) is 3. The van der Waals surface area contributed by atoms with Crippen LogP contribution in [0.25, 0.3) is 0 Å². The SMILES string of the molecule is CCCCCC(C)(O)C=CC1C(O)CC(O)C1CCCCCCc1nnn[nH]1. The fourth-order valence-electron chi connectivity index (χ4n) is 4.22. The van der Waals surface area contributed by atoms with Gasteiger partial charge in [0.05, 0.1) is 17.8 Å². The molecule has 0 amide bonds. The van der Waals surface area contributed by atoms with E-state index in [2.05, 4.69) is 27.5 Å². The quantitative estimate of drug-likeness (QED) is 0.302. The first-order valence-corrected chi connectivity index (χ1v) is 10.9. The molecule has 1 heterocycles. The molecule has 0 aromatic carbocycles. The van der Waals surface area contributed by atoms with Gasteiger partial charge in [0.2, 0.25) is 0 Å². The summed E-state index contributed by atoms with van der Waals surface area (Å²) in [6.07, 6.45) is 13.2. The van der Waals surface area contributed by atoms with Crippen LogP contribution in [0.3, 0.4) is 0 Å². The van der Waals surface area contributed by atoms with Crippen LogP contribution in [0.2, 0.25) is 0 Å². The van der Waals surface area contributed by atoms with Gasteiger partial charge in [0.1, 0.15) is 5.82 Å². The monoisotopic (exact) mass is 394 g/mol. The maximum absolute atomic E-state index is 10.5. The summed E-state index contributed by atoms with van der Waals surface area (Å²) in [6.45, 7) is 3.98. The lowest BCUT2D eigenvalue weighted by molar-refractivity contribution is 0.0947. The maximum Gasteiger partial charge on any atom is 0.148 e. The molecule has 0 saturated heterocycles. The molecule has 1 aromatic heterocycles. The number of hydrogen-bond donors (Lipinski definition) is 4. The zero-order valence-electron chi connectivity index (χ0n) is 17.4. The molecule has 0 spiro atoms. The van der Waals surface area contributed by atoms with Crippen LogP contribution >= 0.6 is 0 Å². The van der Waals surface area contributed by atoms with E-state index < -0.39 is 17.8 Å². The van der Waals surface area contributed by atoms with Crippen LogP contribution in [0.4, 0.5) is 0 Å². The van der Waals surface area contributed by atoms with Gasteiger partial charge in [-0.3, -0.25) is 0 Å². The average Bonchev–Trinajstić information content (AvgIpc) is 3.24. The Morgan fingerprint density at radius 3 is 2.61 bits per heavy atom. The summed E-state index contributed by atoms with van der Waals surface area (Å²) < 4.78 is 0. The predicted octanol–water partition coefficient (Wildman–Crippen LogP) is 2.94. The normalized spacial score (nSPS) is 27.5. The Kier molecular flexibility index (Phi) is 9.55. The fourth-order valence-corrected chi connectivity index (χ4v) is 4.22. The van der Waals surface area contributed by atoms with Gasteiger partial charge in [0.25, 0.3) is 0 Å². The van der Waals surface area contributed by atoms with Crippen LogP contribution < -0.4 is 0 Å². The molecule has 7 heteroatoms. The highest BCUT2D eigenvalue weighted by atomic mass is 16.3. The highest BCUT2D eigenvalue weighted by molar-refractivity contribution is 5.07. The molecule has 5 atom stereocenters. The maximum atomic E-state index is 10.5. The second kappa shape index (κ2) is 11.6. The number of hydrogen-bond acceptors (Lipinski definition) is 6. The third-order valence-corrected chi connectivity index (χ3v) is 5.97. The second-order valence-electron chi connectivity index (χ2n) is 8.59. The number of aromatic nitrogens is 4. The zero-order valence-corrected chi connectivity index (χ0v) is 17.4. The Balaban J connectivity index is 1.74. The van der Waals surface area contributed by atoms with Crippen molar-refractivity contribution in [2.75, 3.05) is 0 Å². The second-order valence-corrected chi connectivity index (χ2v) is 8.59. The number of tetrazole rings is 1. The molecule has 1 fully saturated rings. The summed E-state index contributed by atoms with van der Waals surface area (Å²) in [5.74, 6) is 0.814. The first-order valence-electron chi connectivity index (χ1n) is 10.9. The predicted molar refractivity (Wildman–Crippen MR) is 108 cm³/mol. The lowest BCUT2D eigenvalue weighted by Crippen LogP contribution is -2.24. The van der Waals surface area contributed by atoms with E-state index in [9.17, 15) is 15.3 Å². The zero-order chi connectivity index (χ0) is 20.4. The van der Waals surface area contributed by atoms with Gasteiger partial charge in [-0.05, 0) is 42.5 Å². The van der Waals surface area contributed by atoms with Crippen molar-refractivity contribution >= 4 is 0 Å². The molecule has 5 unspecified atom stereocenters. The molecule has 0 radical (unpaired) electrons. The number of aliphatic hydroxyl groups is 3. The number of rotatable bonds is 13. The average molecular weight is 395 g/mol. The molecule has 28 heavy (non-hydrogen) atoms. The largest absolute Gasteiger partial charge is 0.393 e. The van der Waals surface area contributed by atoms with Gasteiger partial charge in [0, 0.05) is 18.8 Å². The Hall–Kier alpha value is -1.31. The van der Waals surface area contributed by atoms with Crippen LogP contribution in [0.1, 0.15) is 83.9 Å². The Morgan fingerprint density at radius 2 is 1.89 bits per heavy atom. The molecular formula is C21H38N4O3. The summed E-state index contributed by atoms with van der Waals surface area (Å²) in [5, 5.41) is 45.1. The number of unbranched alkanes of at least 4 members (excludes halogenated alkanes) is 5. The minimum absolute atomic E-state index is 0.0659. The van der Waals surface area contributed by atoms with Crippen molar-refractivity contribution in [1.29, 1.82) is 0 Å². The highest BCUT2D eigenvalue weighted by Gasteiger charge is 2.39. The Bertz CT molecular complexity index is 562. The molecule has 1 aliphatic carbocycles. The molecule has 2 rings (SSSR count). The van der Waals surface area contributed by atoms with Gasteiger partial charge >= 0.3 is 0 Å². The number of aryl methyl sites for hydroxylation is 1.